The number of anilines is 1. The minimum atomic E-state index is -4.85. The number of hydrogen-bond acceptors (Lipinski definition) is 12. The van der Waals surface area contributed by atoms with Crippen LogP contribution in [0.1, 0.15) is 6.23 Å². The molecule has 0 amide bonds. The third-order valence-corrected chi connectivity index (χ3v) is 7.82. The van der Waals surface area contributed by atoms with E-state index in [9.17, 15) is 23.2 Å². The summed E-state index contributed by atoms with van der Waals surface area (Å²) in [6, 6.07) is 11.3. The lowest BCUT2D eigenvalue weighted by Crippen LogP contribution is -2.52. The van der Waals surface area contributed by atoms with E-state index in [0.717, 1.165) is 10.9 Å². The molecule has 0 spiro atoms. The smallest absolute Gasteiger partial charge is 0.497 e. The Balaban J connectivity index is 1.46. The van der Waals surface area contributed by atoms with Gasteiger partial charge in [-0.1, -0.05) is 0 Å². The Bertz CT molecular complexity index is 1640. The summed E-state index contributed by atoms with van der Waals surface area (Å²) in [5.74, 6) is 0.393. The Morgan fingerprint density at radius 2 is 1.60 bits per heavy atom. The molecule has 1 saturated heterocycles. The maximum absolute atomic E-state index is 15.5. The van der Waals surface area contributed by atoms with Crippen LogP contribution in [-0.2, 0) is 13.8 Å². The van der Waals surface area contributed by atoms with E-state index in [0.29, 0.717) is 11.5 Å². The molecule has 18 heteroatoms. The highest BCUT2D eigenvalue weighted by Gasteiger charge is 2.62. The fourth-order valence-electron chi connectivity index (χ4n) is 4.27. The molecule has 1 aliphatic rings. The molecular formula is C25H25F3N5O9P. The van der Waals surface area contributed by atoms with Gasteiger partial charge in [0.1, 0.15) is 29.1 Å². The van der Waals surface area contributed by atoms with Gasteiger partial charge in [-0.15, -0.1) is 0 Å². The van der Waals surface area contributed by atoms with Crippen molar-refractivity contribution in [1.29, 1.82) is 0 Å². The summed E-state index contributed by atoms with van der Waals surface area (Å²) in [5, 5.41) is 10.7. The van der Waals surface area contributed by atoms with Gasteiger partial charge in [-0.25, -0.2) is 22.7 Å². The highest BCUT2D eigenvalue weighted by Crippen LogP contribution is 2.53. The van der Waals surface area contributed by atoms with E-state index in [2.05, 4.69) is 15.0 Å². The Labute approximate surface area is 240 Å². The largest absolute Gasteiger partial charge is 0.587 e. The molecule has 4 N–H and O–H groups in total. The highest BCUT2D eigenvalue weighted by molar-refractivity contribution is 7.49. The second-order valence-electron chi connectivity index (χ2n) is 9.18. The number of nitrogens with two attached hydrogens (primary N) is 1. The zero-order valence-corrected chi connectivity index (χ0v) is 23.3. The molecular weight excluding hydrogens is 602 g/mol. The Kier molecular flexibility index (Phi) is 8.25. The Hall–Kier alpha value is -4.31. The first-order chi connectivity index (χ1) is 20.5. The standard InChI is InChI=1S/C25H25F3N5O9P/c1-37-13-3-7-15(8-4-13)41-43(36,42-16-9-5-14(38-2)6-10-16)39-11-25(23(27)28)19(34)17(26)22(40-25)33-12-30-18-20(33)31-24(29)32-21(18)35/h3-10,12,17,19,22-23,34H,11H2,1-2H3,(H3,29,31,32,35)/t17?,19?,22-,25-/m1/s1. The molecule has 14 nitrogen and oxygen atoms in total. The van der Waals surface area contributed by atoms with E-state index in [1.165, 1.54) is 62.8 Å². The van der Waals surface area contributed by atoms with Gasteiger partial charge >= 0.3 is 7.82 Å². The molecule has 5 rings (SSSR count). The summed E-state index contributed by atoms with van der Waals surface area (Å²) in [6.07, 6.45) is -9.66. The number of aromatic amines is 1. The van der Waals surface area contributed by atoms with Crippen LogP contribution in [0.3, 0.4) is 0 Å². The maximum Gasteiger partial charge on any atom is 0.587 e. The van der Waals surface area contributed by atoms with Gasteiger partial charge < -0.3 is 34.1 Å². The van der Waals surface area contributed by atoms with Crippen molar-refractivity contribution in [2.45, 2.75) is 30.5 Å². The van der Waals surface area contributed by atoms with E-state index in [4.69, 9.17) is 33.5 Å². The number of aromatic nitrogens is 4. The van der Waals surface area contributed by atoms with E-state index in [-0.39, 0.29) is 28.6 Å². The van der Waals surface area contributed by atoms with Gasteiger partial charge in [0.2, 0.25) is 5.95 Å². The van der Waals surface area contributed by atoms with Gasteiger partial charge in [-0.05, 0) is 48.5 Å². The van der Waals surface area contributed by atoms with Crippen LogP contribution in [0.4, 0.5) is 19.1 Å². The molecule has 2 unspecified atom stereocenters. The number of methoxy groups -OCH3 is 2. The number of benzene rings is 2. The second-order valence-corrected chi connectivity index (χ2v) is 10.7. The minimum Gasteiger partial charge on any atom is -0.497 e. The van der Waals surface area contributed by atoms with E-state index in [1.54, 1.807) is 0 Å². The molecule has 4 aromatic rings. The Morgan fingerprint density at radius 1 is 1.07 bits per heavy atom. The zero-order valence-electron chi connectivity index (χ0n) is 22.4. The molecule has 43 heavy (non-hydrogen) atoms. The molecule has 230 valence electrons. The van der Waals surface area contributed by atoms with Gasteiger partial charge in [-0.2, -0.15) is 4.98 Å². The number of fused-ring (bicyclic) bond motifs is 1. The second kappa shape index (κ2) is 11.8. The van der Waals surface area contributed by atoms with Gasteiger partial charge in [0.25, 0.3) is 12.0 Å². The normalized spacial score (nSPS) is 22.2. The summed E-state index contributed by atoms with van der Waals surface area (Å²) in [5.41, 5.74) is 1.13. The van der Waals surface area contributed by atoms with E-state index >= 15 is 4.39 Å². The molecule has 4 atom stereocenters. The molecule has 0 aliphatic carbocycles. The molecule has 3 heterocycles. The van der Waals surface area contributed by atoms with Crippen LogP contribution in [0.15, 0.2) is 59.7 Å². The first-order valence-corrected chi connectivity index (χ1v) is 13.9. The number of phosphoric acid groups is 1. The third kappa shape index (κ3) is 5.84. The van der Waals surface area contributed by atoms with Crippen molar-refractivity contribution in [1.82, 2.24) is 19.5 Å². The third-order valence-electron chi connectivity index (χ3n) is 6.51. The van der Waals surface area contributed by atoms with Gasteiger partial charge in [0, 0.05) is 0 Å². The van der Waals surface area contributed by atoms with Crippen molar-refractivity contribution in [3.63, 3.8) is 0 Å². The number of halogens is 3. The Morgan fingerprint density at radius 3 is 2.12 bits per heavy atom. The number of alkyl halides is 3. The molecule has 0 radical (unpaired) electrons. The summed E-state index contributed by atoms with van der Waals surface area (Å²) < 4.78 is 91.2. The van der Waals surface area contributed by atoms with Gasteiger partial charge in [-0.3, -0.25) is 18.9 Å². The molecule has 2 aromatic heterocycles. The summed E-state index contributed by atoms with van der Waals surface area (Å²) >= 11 is 0. The van der Waals surface area contributed by atoms with Crippen molar-refractivity contribution in [2.24, 2.45) is 0 Å². The lowest BCUT2D eigenvalue weighted by atomic mass is 9.97. The van der Waals surface area contributed by atoms with Crippen LogP contribution in [0.25, 0.3) is 11.2 Å². The van der Waals surface area contributed by atoms with Crippen molar-refractivity contribution in [3.8, 4) is 23.0 Å². The lowest BCUT2D eigenvalue weighted by Gasteiger charge is -2.31. The SMILES string of the molecule is COc1ccc(OP(=O)(OC[C@@]2(C(F)F)O[C@@H](n3cnc4c(=O)[nH]c(N)nc43)C(F)C2O)Oc2ccc(OC)cc2)cc1. The van der Waals surface area contributed by atoms with Crippen molar-refractivity contribution >= 4 is 24.9 Å². The number of nitrogens with zero attached hydrogens (tertiary/aromatic N) is 3. The first-order valence-electron chi connectivity index (χ1n) is 12.4. The van der Waals surface area contributed by atoms with Crippen LogP contribution in [-0.4, -0.2) is 69.8 Å². The van der Waals surface area contributed by atoms with Crippen molar-refractivity contribution < 1.29 is 50.6 Å². The topological polar surface area (TPSA) is 182 Å². The molecule has 1 aliphatic heterocycles. The zero-order chi connectivity index (χ0) is 30.9. The number of rotatable bonds is 11. The number of hydrogen-bond donors (Lipinski definition) is 3. The summed E-state index contributed by atoms with van der Waals surface area (Å²) in [6.45, 7) is -1.37. The fourth-order valence-corrected chi connectivity index (χ4v) is 5.53. The van der Waals surface area contributed by atoms with Crippen LogP contribution in [0, 0.1) is 0 Å². The summed E-state index contributed by atoms with van der Waals surface area (Å²) in [7, 11) is -2.00. The number of aliphatic hydroxyl groups excluding tert-OH is 1. The highest BCUT2D eigenvalue weighted by atomic mass is 31.2. The number of imidazole rings is 1. The molecule has 2 aromatic carbocycles. The quantitative estimate of drug-likeness (QED) is 0.207. The van der Waals surface area contributed by atoms with Crippen LogP contribution in [0.5, 0.6) is 23.0 Å². The number of phosphoric ester groups is 1. The molecule has 0 saturated carbocycles. The molecule has 0 bridgehead atoms. The summed E-state index contributed by atoms with van der Waals surface area (Å²) in [4.78, 5) is 22.0. The minimum absolute atomic E-state index is 0.0587. The van der Waals surface area contributed by atoms with Gasteiger partial charge in [0.15, 0.2) is 29.2 Å². The van der Waals surface area contributed by atoms with Crippen molar-refractivity contribution in [3.05, 3.63) is 65.2 Å². The number of ether oxygens (including phenoxy) is 3. The van der Waals surface area contributed by atoms with Gasteiger partial charge in [0.05, 0.1) is 27.2 Å². The predicted octanol–water partition coefficient (Wildman–Crippen LogP) is 3.23. The maximum atomic E-state index is 15.5. The predicted molar refractivity (Wildman–Crippen MR) is 143 cm³/mol. The number of aliphatic hydroxyl groups is 1. The number of nitrogen functional groups attached to an aromatic ring is 1. The van der Waals surface area contributed by atoms with Crippen LogP contribution >= 0.6 is 7.82 Å². The average Bonchev–Trinajstić information content (AvgIpc) is 3.52. The van der Waals surface area contributed by atoms with Crippen LogP contribution < -0.4 is 29.8 Å². The van der Waals surface area contributed by atoms with Crippen LogP contribution in [0.2, 0.25) is 0 Å². The fraction of sp³-hybridized carbons (Fsp3) is 0.320. The van der Waals surface area contributed by atoms with E-state index < -0.39 is 50.5 Å². The monoisotopic (exact) mass is 627 g/mol. The lowest BCUT2D eigenvalue weighted by molar-refractivity contribution is -0.192. The van der Waals surface area contributed by atoms with Crippen molar-refractivity contribution in [2.75, 3.05) is 26.6 Å². The molecule has 1 fully saturated rings. The first kappa shape index (κ1) is 30.2. The average molecular weight is 627 g/mol. The number of nitrogens with one attached hydrogen (secondary N) is 1. The van der Waals surface area contributed by atoms with E-state index in [1.807, 2.05) is 0 Å². The number of H-pyrrole nitrogens is 1.